The molecule has 4 nitrogen and oxygen atoms in total. The first-order valence-corrected chi connectivity index (χ1v) is 14.8. The number of furan rings is 1. The number of thiazole rings is 1. The van der Waals surface area contributed by atoms with Crippen LogP contribution in [0.2, 0.25) is 0 Å². The number of carbonyl (C=O) groups is 1. The van der Waals surface area contributed by atoms with Gasteiger partial charge in [0, 0.05) is 23.1 Å². The van der Waals surface area contributed by atoms with Gasteiger partial charge in [0.15, 0.2) is 10.8 Å². The highest BCUT2D eigenvalue weighted by Gasteiger charge is 2.30. The number of unbranched alkanes of at least 4 members (excludes halogenated alkanes) is 11. The second-order valence-corrected chi connectivity index (χ2v) is 11.3. The standard InChI is InChI=1S/C29H46N2O2S/c1-2-3-4-5-6-7-8-9-10-11-12-16-19-24(27(32)23-17-14-13-15-18-23)26-22-31-29(34-26)28-25(30)20-21-33-28/h20-24H,2-19,30H2,1H3. The Morgan fingerprint density at radius 1 is 1.00 bits per heavy atom. The SMILES string of the molecule is CCCCCCCCCCCCCCC(C(=O)C1CCCCC1)c1cnc(-c2occc2N)s1. The molecule has 0 bridgehead atoms. The van der Waals surface area contributed by atoms with Crippen LogP contribution in [-0.2, 0) is 4.79 Å². The molecule has 1 atom stereocenters. The van der Waals surface area contributed by atoms with Gasteiger partial charge in [-0.1, -0.05) is 103 Å². The van der Waals surface area contributed by atoms with Gasteiger partial charge in [-0.15, -0.1) is 11.3 Å². The third-order valence-corrected chi connectivity index (χ3v) is 8.56. The first kappa shape index (κ1) is 27.0. The van der Waals surface area contributed by atoms with E-state index in [0.29, 0.717) is 17.2 Å². The van der Waals surface area contributed by atoms with Crippen LogP contribution in [0.3, 0.4) is 0 Å². The van der Waals surface area contributed by atoms with Crippen LogP contribution in [0, 0.1) is 5.92 Å². The molecule has 5 heteroatoms. The highest BCUT2D eigenvalue weighted by Crippen LogP contribution is 2.38. The van der Waals surface area contributed by atoms with Crippen molar-refractivity contribution in [2.75, 3.05) is 5.73 Å². The summed E-state index contributed by atoms with van der Waals surface area (Å²) in [6, 6.07) is 1.76. The normalized spacial score (nSPS) is 15.6. The van der Waals surface area contributed by atoms with Crippen molar-refractivity contribution < 1.29 is 9.21 Å². The van der Waals surface area contributed by atoms with E-state index in [2.05, 4.69) is 11.9 Å². The van der Waals surface area contributed by atoms with E-state index in [1.165, 1.54) is 89.9 Å². The lowest BCUT2D eigenvalue weighted by atomic mass is 9.80. The maximum atomic E-state index is 13.5. The fourth-order valence-electron chi connectivity index (χ4n) is 5.33. The molecule has 0 saturated heterocycles. The number of nitrogen functional groups attached to an aromatic ring is 1. The Morgan fingerprint density at radius 3 is 2.21 bits per heavy atom. The Hall–Kier alpha value is -1.62. The number of anilines is 1. The number of aromatic nitrogens is 1. The molecule has 2 aromatic heterocycles. The van der Waals surface area contributed by atoms with Gasteiger partial charge >= 0.3 is 0 Å². The number of Topliss-reactive ketones (excluding diaryl/α,β-unsaturated/α-hetero) is 1. The minimum atomic E-state index is -0.0198. The molecule has 1 saturated carbocycles. The van der Waals surface area contributed by atoms with Crippen LogP contribution in [0.25, 0.3) is 10.8 Å². The van der Waals surface area contributed by atoms with Crippen LogP contribution in [0.15, 0.2) is 22.9 Å². The smallest absolute Gasteiger partial charge is 0.185 e. The predicted octanol–water partition coefficient (Wildman–Crippen LogP) is 9.31. The van der Waals surface area contributed by atoms with Crippen molar-refractivity contribution in [1.29, 1.82) is 0 Å². The van der Waals surface area contributed by atoms with Gasteiger partial charge in [0.25, 0.3) is 0 Å². The van der Waals surface area contributed by atoms with Crippen molar-refractivity contribution >= 4 is 22.8 Å². The molecule has 1 unspecified atom stereocenters. The van der Waals surface area contributed by atoms with Gasteiger partial charge < -0.3 is 10.2 Å². The summed E-state index contributed by atoms with van der Waals surface area (Å²) in [6.45, 7) is 2.28. The van der Waals surface area contributed by atoms with Gasteiger partial charge in [-0.3, -0.25) is 4.79 Å². The number of rotatable bonds is 17. The topological polar surface area (TPSA) is 69.1 Å². The molecule has 190 valence electrons. The van der Waals surface area contributed by atoms with Crippen molar-refractivity contribution in [3.05, 3.63) is 23.4 Å². The largest absolute Gasteiger partial charge is 0.460 e. The molecule has 34 heavy (non-hydrogen) atoms. The second-order valence-electron chi connectivity index (χ2n) is 10.2. The van der Waals surface area contributed by atoms with Crippen molar-refractivity contribution in [3.63, 3.8) is 0 Å². The monoisotopic (exact) mass is 486 g/mol. The van der Waals surface area contributed by atoms with Crippen molar-refractivity contribution in [2.24, 2.45) is 5.92 Å². The molecule has 0 aromatic carbocycles. The van der Waals surface area contributed by atoms with Gasteiger partial charge in [0.2, 0.25) is 0 Å². The van der Waals surface area contributed by atoms with Crippen LogP contribution in [0.5, 0.6) is 0 Å². The lowest BCUT2D eigenvalue weighted by Crippen LogP contribution is -2.24. The number of ketones is 1. The summed E-state index contributed by atoms with van der Waals surface area (Å²) in [5.74, 6) is 1.29. The summed E-state index contributed by atoms with van der Waals surface area (Å²) >= 11 is 1.58. The van der Waals surface area contributed by atoms with E-state index in [1.807, 2.05) is 6.20 Å². The number of nitrogens with zero attached hydrogens (tertiary/aromatic N) is 1. The lowest BCUT2D eigenvalue weighted by Gasteiger charge is -2.24. The summed E-state index contributed by atoms with van der Waals surface area (Å²) in [7, 11) is 0. The lowest BCUT2D eigenvalue weighted by molar-refractivity contribution is -0.125. The number of hydrogen-bond acceptors (Lipinski definition) is 5. The zero-order valence-electron chi connectivity index (χ0n) is 21.4. The average Bonchev–Trinajstić information content (AvgIpc) is 3.51. The molecule has 0 radical (unpaired) electrons. The molecule has 0 spiro atoms. The van der Waals surface area contributed by atoms with Gasteiger partial charge in [0.1, 0.15) is 5.78 Å². The molecule has 0 aliphatic heterocycles. The average molecular weight is 487 g/mol. The van der Waals surface area contributed by atoms with Crippen LogP contribution >= 0.6 is 11.3 Å². The van der Waals surface area contributed by atoms with Crippen LogP contribution in [0.4, 0.5) is 5.69 Å². The molecular weight excluding hydrogens is 440 g/mol. The maximum absolute atomic E-state index is 13.5. The third kappa shape index (κ3) is 8.55. The minimum Gasteiger partial charge on any atom is -0.460 e. The van der Waals surface area contributed by atoms with Crippen LogP contribution < -0.4 is 5.73 Å². The molecule has 2 heterocycles. The Morgan fingerprint density at radius 2 is 1.62 bits per heavy atom. The van der Waals surface area contributed by atoms with E-state index in [1.54, 1.807) is 23.7 Å². The molecule has 1 aliphatic carbocycles. The van der Waals surface area contributed by atoms with Gasteiger partial charge in [-0.25, -0.2) is 4.98 Å². The number of hydrogen-bond donors (Lipinski definition) is 1. The van der Waals surface area contributed by atoms with E-state index in [9.17, 15) is 4.79 Å². The van der Waals surface area contributed by atoms with Crippen molar-refractivity contribution in [2.45, 2.75) is 128 Å². The molecule has 2 aromatic rings. The second kappa shape index (κ2) is 15.4. The van der Waals surface area contributed by atoms with Gasteiger partial charge in [-0.2, -0.15) is 0 Å². The highest BCUT2D eigenvalue weighted by molar-refractivity contribution is 7.15. The molecule has 2 N–H and O–H groups in total. The molecule has 1 aliphatic rings. The first-order chi connectivity index (χ1) is 16.7. The van der Waals surface area contributed by atoms with Gasteiger partial charge in [0.05, 0.1) is 17.9 Å². The first-order valence-electron chi connectivity index (χ1n) is 14.0. The molecule has 0 amide bonds. The Bertz CT molecular complexity index is 822. The predicted molar refractivity (Wildman–Crippen MR) is 144 cm³/mol. The quantitative estimate of drug-likeness (QED) is 0.226. The Labute approximate surface area is 211 Å². The third-order valence-electron chi connectivity index (χ3n) is 7.45. The highest BCUT2D eigenvalue weighted by atomic mass is 32.1. The summed E-state index contributed by atoms with van der Waals surface area (Å²) in [5, 5.41) is 0.786. The van der Waals surface area contributed by atoms with Crippen LogP contribution in [0.1, 0.15) is 133 Å². The summed E-state index contributed by atoms with van der Waals surface area (Å²) in [5.41, 5.74) is 6.63. The number of carbonyl (C=O) groups excluding carboxylic acids is 1. The van der Waals surface area contributed by atoms with Crippen LogP contribution in [-0.4, -0.2) is 10.8 Å². The fourth-order valence-corrected chi connectivity index (χ4v) is 6.40. The molecule has 3 rings (SSSR count). The van der Waals surface area contributed by atoms with E-state index in [4.69, 9.17) is 10.2 Å². The number of nitrogens with two attached hydrogens (primary N) is 1. The fraction of sp³-hybridized carbons (Fsp3) is 0.724. The summed E-state index contributed by atoms with van der Waals surface area (Å²) < 4.78 is 5.54. The summed E-state index contributed by atoms with van der Waals surface area (Å²) in [4.78, 5) is 19.2. The van der Waals surface area contributed by atoms with E-state index >= 15 is 0 Å². The minimum absolute atomic E-state index is 0.0198. The zero-order chi connectivity index (χ0) is 24.0. The van der Waals surface area contributed by atoms with Crippen molar-refractivity contribution in [1.82, 2.24) is 4.98 Å². The van der Waals surface area contributed by atoms with E-state index < -0.39 is 0 Å². The van der Waals surface area contributed by atoms with Crippen molar-refractivity contribution in [3.8, 4) is 10.8 Å². The van der Waals surface area contributed by atoms with Gasteiger partial charge in [-0.05, 0) is 19.3 Å². The maximum Gasteiger partial charge on any atom is 0.185 e. The Kier molecular flexibility index (Phi) is 12.2. The van der Waals surface area contributed by atoms with E-state index in [0.717, 1.165) is 35.6 Å². The molecule has 1 fully saturated rings. The molecular formula is C29H46N2O2S. The summed E-state index contributed by atoms with van der Waals surface area (Å²) in [6.07, 6.45) is 26.3. The Balaban J connectivity index is 1.44. The zero-order valence-corrected chi connectivity index (χ0v) is 22.2. The van der Waals surface area contributed by atoms with E-state index in [-0.39, 0.29) is 11.8 Å².